The number of benzene rings is 1. The van der Waals surface area contributed by atoms with Gasteiger partial charge in [-0.2, -0.15) is 5.10 Å². The van der Waals surface area contributed by atoms with Crippen LogP contribution in [0.15, 0.2) is 30.3 Å². The zero-order chi connectivity index (χ0) is 19.8. The van der Waals surface area contributed by atoms with Crippen LogP contribution in [0.2, 0.25) is 0 Å². The summed E-state index contributed by atoms with van der Waals surface area (Å²) in [5.41, 5.74) is 3.98. The maximum absolute atomic E-state index is 12.9. The minimum atomic E-state index is 0.0779. The fraction of sp³-hybridized carbons (Fsp3) is 0.381. The summed E-state index contributed by atoms with van der Waals surface area (Å²) in [6, 6.07) is 9.90. The quantitative estimate of drug-likeness (QED) is 0.654. The van der Waals surface area contributed by atoms with Crippen LogP contribution < -0.4 is 4.74 Å². The van der Waals surface area contributed by atoms with E-state index < -0.39 is 0 Å². The van der Waals surface area contributed by atoms with Crippen molar-refractivity contribution in [3.05, 3.63) is 51.6 Å². The van der Waals surface area contributed by atoms with E-state index in [0.29, 0.717) is 13.1 Å². The Kier molecular flexibility index (Phi) is 4.93. The van der Waals surface area contributed by atoms with Crippen LogP contribution in [-0.4, -0.2) is 32.7 Å². The van der Waals surface area contributed by atoms with E-state index in [1.54, 1.807) is 18.4 Å². The number of nitrogens with zero attached hydrogens (tertiary/aromatic N) is 4. The molecule has 28 heavy (non-hydrogen) atoms. The van der Waals surface area contributed by atoms with Crippen molar-refractivity contribution < 1.29 is 9.53 Å². The first-order valence-corrected chi connectivity index (χ1v) is 10.2. The van der Waals surface area contributed by atoms with Crippen LogP contribution in [0.3, 0.4) is 0 Å². The summed E-state index contributed by atoms with van der Waals surface area (Å²) in [5, 5.41) is 5.80. The van der Waals surface area contributed by atoms with Gasteiger partial charge in [-0.25, -0.2) is 4.98 Å². The first-order chi connectivity index (χ1) is 13.4. The monoisotopic (exact) mass is 396 g/mol. The number of thiazole rings is 1. The van der Waals surface area contributed by atoms with Crippen molar-refractivity contribution in [2.24, 2.45) is 0 Å². The Bertz CT molecular complexity index is 981. The Labute approximate surface area is 168 Å². The van der Waals surface area contributed by atoms with Crippen LogP contribution in [0.5, 0.6) is 5.75 Å². The van der Waals surface area contributed by atoms with Crippen molar-refractivity contribution in [2.75, 3.05) is 7.11 Å². The number of fused-ring (bicyclic) bond motifs is 1. The number of amides is 1. The van der Waals surface area contributed by atoms with E-state index in [-0.39, 0.29) is 18.4 Å². The molecular formula is C21H24N4O2S. The molecule has 0 spiro atoms. The average molecular weight is 397 g/mol. The van der Waals surface area contributed by atoms with Gasteiger partial charge in [0.15, 0.2) is 0 Å². The van der Waals surface area contributed by atoms with Gasteiger partial charge in [0.25, 0.3) is 0 Å². The highest BCUT2D eigenvalue weighted by molar-refractivity contribution is 7.11. The second-order valence-electron chi connectivity index (χ2n) is 7.35. The molecule has 3 aromatic rings. The van der Waals surface area contributed by atoms with Crippen molar-refractivity contribution in [1.29, 1.82) is 0 Å². The summed E-state index contributed by atoms with van der Waals surface area (Å²) in [6.07, 6.45) is 0. The van der Waals surface area contributed by atoms with Gasteiger partial charge in [-0.1, -0.05) is 13.8 Å². The number of rotatable bonds is 5. The smallest absolute Gasteiger partial charge is 0.244 e. The molecule has 7 heteroatoms. The highest BCUT2D eigenvalue weighted by Gasteiger charge is 2.27. The molecule has 146 valence electrons. The third-order valence-electron chi connectivity index (χ3n) is 4.99. The molecular weight excluding hydrogens is 372 g/mol. The van der Waals surface area contributed by atoms with Gasteiger partial charge in [0.05, 0.1) is 36.6 Å². The molecule has 0 radical (unpaired) electrons. The van der Waals surface area contributed by atoms with Crippen molar-refractivity contribution >= 4 is 17.2 Å². The molecule has 0 fully saturated rings. The Morgan fingerprint density at radius 1 is 1.25 bits per heavy atom. The largest absolute Gasteiger partial charge is 0.497 e. The lowest BCUT2D eigenvalue weighted by Crippen LogP contribution is -2.30. The van der Waals surface area contributed by atoms with Gasteiger partial charge in [0, 0.05) is 16.1 Å². The van der Waals surface area contributed by atoms with Crippen molar-refractivity contribution in [2.45, 2.75) is 46.3 Å². The molecule has 0 aliphatic carbocycles. The number of aromatic nitrogens is 3. The number of hydrogen-bond acceptors (Lipinski definition) is 5. The van der Waals surface area contributed by atoms with Crippen LogP contribution in [-0.2, 0) is 24.4 Å². The lowest BCUT2D eigenvalue weighted by molar-refractivity contribution is -0.132. The zero-order valence-corrected chi connectivity index (χ0v) is 17.4. The fourth-order valence-electron chi connectivity index (χ4n) is 3.50. The Morgan fingerprint density at radius 3 is 2.64 bits per heavy atom. The molecule has 0 N–H and O–H groups in total. The second-order valence-corrected chi connectivity index (χ2v) is 8.64. The average Bonchev–Trinajstić information content (AvgIpc) is 3.34. The number of aryl methyl sites for hydroxylation is 1. The lowest BCUT2D eigenvalue weighted by Gasteiger charge is -2.17. The van der Waals surface area contributed by atoms with Crippen molar-refractivity contribution in [1.82, 2.24) is 19.7 Å². The Hall–Kier alpha value is -2.67. The van der Waals surface area contributed by atoms with Crippen LogP contribution >= 0.6 is 11.3 Å². The molecule has 1 amide bonds. The van der Waals surface area contributed by atoms with Gasteiger partial charge >= 0.3 is 0 Å². The molecule has 3 heterocycles. The molecule has 4 rings (SSSR count). The van der Waals surface area contributed by atoms with Crippen LogP contribution in [0, 0.1) is 6.92 Å². The Balaban J connectivity index is 1.54. The lowest BCUT2D eigenvalue weighted by atomic mass is 10.1. The topological polar surface area (TPSA) is 60.2 Å². The first kappa shape index (κ1) is 18.7. The van der Waals surface area contributed by atoms with E-state index in [9.17, 15) is 4.79 Å². The molecule has 0 unspecified atom stereocenters. The molecule has 0 saturated carbocycles. The second kappa shape index (κ2) is 7.39. The van der Waals surface area contributed by atoms with Gasteiger partial charge in [-0.15, -0.1) is 11.3 Å². The van der Waals surface area contributed by atoms with Crippen LogP contribution in [0.1, 0.15) is 41.0 Å². The maximum Gasteiger partial charge on any atom is 0.244 e. The number of ether oxygens (including phenoxy) is 1. The third-order valence-corrected chi connectivity index (χ3v) is 5.98. The number of carbonyl (C=O) groups excluding carboxylic acids is 1. The van der Waals surface area contributed by atoms with Crippen LogP contribution in [0.25, 0.3) is 11.3 Å². The summed E-state index contributed by atoms with van der Waals surface area (Å²) < 4.78 is 7.07. The van der Waals surface area contributed by atoms with E-state index in [1.165, 1.54) is 4.88 Å². The zero-order valence-electron chi connectivity index (χ0n) is 16.6. The summed E-state index contributed by atoms with van der Waals surface area (Å²) >= 11 is 1.68. The SMILES string of the molecule is COc1ccc(-c2cc(C(C)C)n(CC(=O)N3Cc4nc(C)sc4C3)n2)cc1. The number of carbonyl (C=O) groups is 1. The number of hydrogen-bond donors (Lipinski definition) is 0. The molecule has 2 aromatic heterocycles. The van der Waals surface area contributed by atoms with Gasteiger partial charge in [0.1, 0.15) is 12.3 Å². The van der Waals surface area contributed by atoms with Crippen molar-refractivity contribution in [3.63, 3.8) is 0 Å². The molecule has 6 nitrogen and oxygen atoms in total. The van der Waals surface area contributed by atoms with E-state index >= 15 is 0 Å². The van der Waals surface area contributed by atoms with E-state index in [4.69, 9.17) is 9.84 Å². The molecule has 0 atom stereocenters. The molecule has 0 bridgehead atoms. The van der Waals surface area contributed by atoms with Crippen molar-refractivity contribution in [3.8, 4) is 17.0 Å². The normalized spacial score (nSPS) is 13.2. The molecule has 1 aromatic carbocycles. The van der Waals surface area contributed by atoms with Gasteiger partial charge in [-0.05, 0) is 43.2 Å². The van der Waals surface area contributed by atoms with Crippen LogP contribution in [0.4, 0.5) is 0 Å². The molecule has 0 saturated heterocycles. The summed E-state index contributed by atoms with van der Waals surface area (Å²) in [6.45, 7) is 7.75. The Morgan fingerprint density at radius 2 is 2.00 bits per heavy atom. The number of methoxy groups -OCH3 is 1. The van der Waals surface area contributed by atoms with Gasteiger partial charge in [-0.3, -0.25) is 9.48 Å². The minimum absolute atomic E-state index is 0.0779. The minimum Gasteiger partial charge on any atom is -0.497 e. The van der Waals surface area contributed by atoms with Gasteiger partial charge < -0.3 is 9.64 Å². The van der Waals surface area contributed by atoms with Gasteiger partial charge in [0.2, 0.25) is 5.91 Å². The maximum atomic E-state index is 12.9. The fourth-order valence-corrected chi connectivity index (χ4v) is 4.46. The summed E-state index contributed by atoms with van der Waals surface area (Å²) in [4.78, 5) is 20.5. The molecule has 1 aliphatic heterocycles. The molecule has 1 aliphatic rings. The van der Waals surface area contributed by atoms with E-state index in [0.717, 1.165) is 33.4 Å². The first-order valence-electron chi connectivity index (χ1n) is 9.39. The standard InChI is InChI=1S/C21H24N4O2S/c1-13(2)19-9-17(15-5-7-16(27-4)8-6-15)23-25(19)12-21(26)24-10-18-20(11-24)28-14(3)22-18/h5-9,13H,10-12H2,1-4H3. The van der Waals surface area contributed by atoms with E-state index in [1.807, 2.05) is 40.8 Å². The summed E-state index contributed by atoms with van der Waals surface area (Å²) in [7, 11) is 1.65. The highest BCUT2D eigenvalue weighted by Crippen LogP contribution is 2.29. The predicted molar refractivity (Wildman–Crippen MR) is 109 cm³/mol. The predicted octanol–water partition coefficient (Wildman–Crippen LogP) is 3.99. The van der Waals surface area contributed by atoms with E-state index in [2.05, 4.69) is 24.9 Å². The highest BCUT2D eigenvalue weighted by atomic mass is 32.1. The summed E-state index contributed by atoms with van der Waals surface area (Å²) in [5.74, 6) is 1.17. The third kappa shape index (κ3) is 3.54.